The Bertz CT molecular complexity index is 3570. The Morgan fingerprint density at radius 1 is 0.345 bits per heavy atom. The summed E-state index contributed by atoms with van der Waals surface area (Å²) in [6, 6.07) is 61.3. The van der Waals surface area contributed by atoms with E-state index in [1.54, 1.807) is 0 Å². The van der Waals surface area contributed by atoms with Crippen molar-refractivity contribution in [3.8, 4) is 33.9 Å². The van der Waals surface area contributed by atoms with Crippen molar-refractivity contribution in [2.75, 3.05) is 0 Å². The predicted molar refractivity (Wildman–Crippen MR) is 235 cm³/mol. The lowest BCUT2D eigenvalue weighted by atomic mass is 9.87. The van der Waals surface area contributed by atoms with Crippen molar-refractivity contribution in [1.29, 1.82) is 0 Å². The Labute approximate surface area is 332 Å². The van der Waals surface area contributed by atoms with Crippen LogP contribution < -0.4 is 10.4 Å². The third kappa shape index (κ3) is 5.14. The van der Waals surface area contributed by atoms with Gasteiger partial charge < -0.3 is 8.83 Å². The summed E-state index contributed by atoms with van der Waals surface area (Å²) in [4.78, 5) is 15.7. The van der Waals surface area contributed by atoms with Gasteiger partial charge in [-0.3, -0.25) is 0 Å². The number of hydrogen-bond acceptors (Lipinski definition) is 5. The van der Waals surface area contributed by atoms with Gasteiger partial charge in [-0.15, -0.1) is 0 Å². The third-order valence-corrected chi connectivity index (χ3v) is 11.7. The van der Waals surface area contributed by atoms with E-state index < -0.39 is 0 Å². The lowest BCUT2D eigenvalue weighted by molar-refractivity contribution is 0.668. The topological polar surface area (TPSA) is 65.0 Å². The first-order valence-corrected chi connectivity index (χ1v) is 19.7. The Balaban J connectivity index is 1.09. The Morgan fingerprint density at radius 2 is 0.914 bits per heavy atom. The van der Waals surface area contributed by atoms with Crippen LogP contribution in [0.15, 0.2) is 185 Å². The van der Waals surface area contributed by atoms with Gasteiger partial charge in [-0.05, 0) is 86.6 Å². The van der Waals surface area contributed by atoms with Gasteiger partial charge in [0.15, 0.2) is 17.5 Å². The first kappa shape index (κ1) is 32.6. The van der Waals surface area contributed by atoms with Gasteiger partial charge in [0.2, 0.25) is 0 Å². The van der Waals surface area contributed by atoms with Crippen molar-refractivity contribution in [2.24, 2.45) is 0 Å². The van der Waals surface area contributed by atoms with E-state index in [4.69, 9.17) is 23.8 Å². The molecule has 58 heavy (non-hydrogen) atoms. The van der Waals surface area contributed by atoms with Crippen LogP contribution in [0.25, 0.3) is 99.7 Å². The van der Waals surface area contributed by atoms with Crippen LogP contribution in [-0.4, -0.2) is 15.0 Å². The molecule has 0 atom stereocenters. The molecule has 3 heterocycles. The number of furan rings is 2. The van der Waals surface area contributed by atoms with Crippen LogP contribution in [0.4, 0.5) is 0 Å². The van der Waals surface area contributed by atoms with E-state index >= 15 is 0 Å². The molecule has 8 aromatic carbocycles. The van der Waals surface area contributed by atoms with E-state index in [0.29, 0.717) is 17.5 Å². The summed E-state index contributed by atoms with van der Waals surface area (Å²) < 4.78 is 12.8. The molecule has 1 aliphatic rings. The van der Waals surface area contributed by atoms with Crippen molar-refractivity contribution in [3.63, 3.8) is 0 Å². The molecule has 0 aliphatic heterocycles. The normalized spacial score (nSPS) is 13.0. The standard InChI is InChI=1S/C53H33N3O2/c1-2-14-33(15-3-1)51-54-52(56-53(55-51)43-23-12-26-48-50(43)42-20-8-9-24-45(42)57-48)41-29-28-39(37-18-6-7-19-38(37)41)40-22-11-25-47-49(40)44-31-34(27-30-46(44)58-47)36-21-10-16-32-13-4-5-17-35(32)36/h1-27,30-31H,28-29H2. The fourth-order valence-electron chi connectivity index (χ4n) is 9.07. The molecule has 0 spiro atoms. The van der Waals surface area contributed by atoms with Crippen LogP contribution in [0.3, 0.4) is 0 Å². The predicted octanol–water partition coefficient (Wildman–Crippen LogP) is 12.0. The number of aromatic nitrogens is 3. The molecule has 0 amide bonds. The number of hydrogen-bond donors (Lipinski definition) is 0. The Morgan fingerprint density at radius 3 is 1.76 bits per heavy atom. The van der Waals surface area contributed by atoms with E-state index in [1.165, 1.54) is 38.3 Å². The van der Waals surface area contributed by atoms with Crippen molar-refractivity contribution < 1.29 is 8.83 Å². The quantitative estimate of drug-likeness (QED) is 0.176. The highest BCUT2D eigenvalue weighted by atomic mass is 16.3. The molecule has 5 heteroatoms. The highest BCUT2D eigenvalue weighted by molar-refractivity contribution is 6.13. The van der Waals surface area contributed by atoms with Gasteiger partial charge >= 0.3 is 0 Å². The van der Waals surface area contributed by atoms with E-state index in [0.717, 1.165) is 78.6 Å². The fourth-order valence-corrected chi connectivity index (χ4v) is 9.07. The molecule has 0 saturated carbocycles. The van der Waals surface area contributed by atoms with E-state index in [1.807, 2.05) is 48.5 Å². The van der Waals surface area contributed by atoms with Gasteiger partial charge in [-0.1, -0.05) is 146 Å². The Hall–Kier alpha value is -7.63. The summed E-state index contributed by atoms with van der Waals surface area (Å²) in [6.45, 7) is 0. The molecule has 0 saturated heterocycles. The van der Waals surface area contributed by atoms with Crippen LogP contribution in [0.1, 0.15) is 24.2 Å². The minimum absolute atomic E-state index is 0.623. The van der Waals surface area contributed by atoms with E-state index in [9.17, 15) is 0 Å². The molecule has 0 bridgehead atoms. The van der Waals surface area contributed by atoms with Crippen LogP contribution in [0.5, 0.6) is 0 Å². The van der Waals surface area contributed by atoms with Gasteiger partial charge in [-0.2, -0.15) is 0 Å². The summed E-state index contributed by atoms with van der Waals surface area (Å²) in [5, 5.41) is 9.08. The Kier molecular flexibility index (Phi) is 7.29. The molecule has 0 fully saturated rings. The largest absolute Gasteiger partial charge is 0.456 e. The van der Waals surface area contributed by atoms with Gasteiger partial charge in [0, 0.05) is 38.2 Å². The lowest BCUT2D eigenvalue weighted by Gasteiger charge is -2.18. The number of benzene rings is 8. The summed E-state index contributed by atoms with van der Waals surface area (Å²) in [6.07, 6.45) is 1.57. The number of fused-ring (bicyclic) bond motifs is 8. The SMILES string of the molecule is c1ccc(-c2nc(C3=c4ccccc4=C(c4cccc5oc6ccc(-c7cccc8ccccc78)cc6c45)CC3)nc(-c3cccc4oc5ccccc5c34)n2)cc1. The minimum atomic E-state index is 0.623. The maximum atomic E-state index is 6.55. The molecule has 0 N–H and O–H groups in total. The molecule has 12 rings (SSSR count). The molecule has 0 radical (unpaired) electrons. The van der Waals surface area contributed by atoms with Crippen molar-refractivity contribution in [3.05, 3.63) is 198 Å². The summed E-state index contributed by atoms with van der Waals surface area (Å²) in [7, 11) is 0. The average molecular weight is 744 g/mol. The van der Waals surface area contributed by atoms with E-state index in [-0.39, 0.29) is 0 Å². The average Bonchev–Trinajstić information content (AvgIpc) is 3.87. The third-order valence-electron chi connectivity index (χ3n) is 11.7. The second kappa shape index (κ2) is 13.0. The molecular formula is C53H33N3O2. The molecule has 0 unspecified atom stereocenters. The maximum absolute atomic E-state index is 6.55. The molecule has 3 aromatic heterocycles. The number of nitrogens with zero attached hydrogens (tertiary/aromatic N) is 3. The minimum Gasteiger partial charge on any atom is -0.456 e. The molecule has 272 valence electrons. The van der Waals surface area contributed by atoms with E-state index in [2.05, 4.69) is 127 Å². The molecular weight excluding hydrogens is 711 g/mol. The highest BCUT2D eigenvalue weighted by Crippen LogP contribution is 2.40. The van der Waals surface area contributed by atoms with Crippen LogP contribution in [-0.2, 0) is 0 Å². The summed E-state index contributed by atoms with van der Waals surface area (Å²) >= 11 is 0. The van der Waals surface area contributed by atoms with Gasteiger partial charge in [0.05, 0.1) is 0 Å². The molecule has 5 nitrogen and oxygen atoms in total. The zero-order valence-electron chi connectivity index (χ0n) is 31.3. The first-order chi connectivity index (χ1) is 28.7. The molecule has 1 aliphatic carbocycles. The van der Waals surface area contributed by atoms with Gasteiger partial charge in [-0.25, -0.2) is 15.0 Å². The summed E-state index contributed by atoms with van der Waals surface area (Å²) in [5.74, 6) is 1.95. The zero-order valence-corrected chi connectivity index (χ0v) is 31.3. The second-order valence-electron chi connectivity index (χ2n) is 15.0. The van der Waals surface area contributed by atoms with Crippen molar-refractivity contribution in [1.82, 2.24) is 15.0 Å². The lowest BCUT2D eigenvalue weighted by Crippen LogP contribution is -2.33. The fraction of sp³-hybridized carbons (Fsp3) is 0.0377. The van der Waals surface area contributed by atoms with Gasteiger partial charge in [0.25, 0.3) is 0 Å². The smallest absolute Gasteiger partial charge is 0.164 e. The molecule has 11 aromatic rings. The first-order valence-electron chi connectivity index (χ1n) is 19.7. The van der Waals surface area contributed by atoms with Gasteiger partial charge in [0.1, 0.15) is 22.3 Å². The maximum Gasteiger partial charge on any atom is 0.164 e. The van der Waals surface area contributed by atoms with Crippen LogP contribution in [0, 0.1) is 0 Å². The van der Waals surface area contributed by atoms with Crippen LogP contribution >= 0.6 is 0 Å². The number of rotatable bonds is 5. The van der Waals surface area contributed by atoms with Crippen LogP contribution in [0.2, 0.25) is 0 Å². The zero-order chi connectivity index (χ0) is 38.2. The second-order valence-corrected chi connectivity index (χ2v) is 15.0. The highest BCUT2D eigenvalue weighted by Gasteiger charge is 2.23. The summed E-state index contributed by atoms with van der Waals surface area (Å²) in [5.41, 5.74) is 11.2. The van der Waals surface area contributed by atoms with Crippen molar-refractivity contribution in [2.45, 2.75) is 12.8 Å². The number of para-hydroxylation sites is 1. The monoisotopic (exact) mass is 743 g/mol. The van der Waals surface area contributed by atoms with Crippen molar-refractivity contribution >= 4 is 65.8 Å².